The summed E-state index contributed by atoms with van der Waals surface area (Å²) in [5.74, 6) is 0.400. The fourth-order valence-corrected chi connectivity index (χ4v) is 3.90. The Morgan fingerprint density at radius 2 is 1.92 bits per heavy atom. The van der Waals surface area contributed by atoms with Gasteiger partial charge in [-0.15, -0.1) is 0 Å². The van der Waals surface area contributed by atoms with Gasteiger partial charge in [0.25, 0.3) is 0 Å². The van der Waals surface area contributed by atoms with Crippen LogP contribution < -0.4 is 10.1 Å². The Morgan fingerprint density at radius 3 is 2.54 bits per heavy atom. The van der Waals surface area contributed by atoms with E-state index in [9.17, 15) is 4.39 Å². The molecule has 0 radical (unpaired) electrons. The highest BCUT2D eigenvalue weighted by Gasteiger charge is 2.25. The molecule has 2 aromatic rings. The van der Waals surface area contributed by atoms with Crippen LogP contribution in [0.1, 0.15) is 31.2 Å². The van der Waals surface area contributed by atoms with E-state index in [-0.39, 0.29) is 5.82 Å². The average Bonchev–Trinajstić information content (AvgIpc) is 3.15. The molecule has 6 heteroatoms. The number of thiocarbonyl (C=S) groups is 1. The second kappa shape index (κ2) is 8.69. The predicted octanol–water partition coefficient (Wildman–Crippen LogP) is 5.63. The first-order chi connectivity index (χ1) is 12.6. The molecule has 0 atom stereocenters. The zero-order valence-electron chi connectivity index (χ0n) is 14.7. The van der Waals surface area contributed by atoms with Crippen LogP contribution in [0.4, 0.5) is 10.1 Å². The van der Waals surface area contributed by atoms with Crippen molar-refractivity contribution in [3.8, 4) is 5.75 Å². The van der Waals surface area contributed by atoms with E-state index in [1.54, 1.807) is 13.2 Å². The largest absolute Gasteiger partial charge is 0.495 e. The molecule has 138 valence electrons. The lowest BCUT2D eigenvalue weighted by Gasteiger charge is -2.32. The summed E-state index contributed by atoms with van der Waals surface area (Å²) in [6, 6.07) is 12.5. The molecule has 26 heavy (non-hydrogen) atoms. The Morgan fingerprint density at radius 1 is 1.23 bits per heavy atom. The summed E-state index contributed by atoms with van der Waals surface area (Å²) in [6.07, 6.45) is 4.65. The van der Waals surface area contributed by atoms with Crippen molar-refractivity contribution in [2.24, 2.45) is 0 Å². The van der Waals surface area contributed by atoms with Crippen LogP contribution in [0.2, 0.25) is 5.02 Å². The van der Waals surface area contributed by atoms with Crippen molar-refractivity contribution in [1.29, 1.82) is 0 Å². The van der Waals surface area contributed by atoms with E-state index in [0.29, 0.717) is 28.5 Å². The Kier molecular flexibility index (Phi) is 6.33. The normalized spacial score (nSPS) is 14.3. The molecule has 0 spiro atoms. The molecule has 0 aromatic heterocycles. The smallest absolute Gasteiger partial charge is 0.173 e. The quantitative estimate of drug-likeness (QED) is 0.666. The van der Waals surface area contributed by atoms with E-state index in [1.807, 2.05) is 24.3 Å². The van der Waals surface area contributed by atoms with Crippen molar-refractivity contribution in [1.82, 2.24) is 4.90 Å². The Labute approximate surface area is 164 Å². The van der Waals surface area contributed by atoms with E-state index in [2.05, 4.69) is 10.2 Å². The van der Waals surface area contributed by atoms with Crippen molar-refractivity contribution in [2.45, 2.75) is 38.3 Å². The van der Waals surface area contributed by atoms with Crippen molar-refractivity contribution in [3.05, 3.63) is 58.9 Å². The number of methoxy groups -OCH3 is 1. The van der Waals surface area contributed by atoms with E-state index in [1.165, 1.54) is 25.0 Å². The van der Waals surface area contributed by atoms with Crippen LogP contribution in [0.25, 0.3) is 0 Å². The van der Waals surface area contributed by atoms with Gasteiger partial charge in [0.05, 0.1) is 12.1 Å². The number of hydrogen-bond donors (Lipinski definition) is 1. The van der Waals surface area contributed by atoms with E-state index >= 15 is 0 Å². The molecule has 1 aliphatic rings. The van der Waals surface area contributed by atoms with Gasteiger partial charge in [0, 0.05) is 18.3 Å². The lowest BCUT2D eigenvalue weighted by molar-refractivity contribution is 0.312. The summed E-state index contributed by atoms with van der Waals surface area (Å²) < 4.78 is 18.4. The summed E-state index contributed by atoms with van der Waals surface area (Å²) in [7, 11) is 1.59. The maximum atomic E-state index is 13.2. The molecule has 1 aliphatic carbocycles. The molecule has 0 aliphatic heterocycles. The summed E-state index contributed by atoms with van der Waals surface area (Å²) in [5.41, 5.74) is 1.86. The number of nitrogens with zero attached hydrogens (tertiary/aromatic N) is 1. The number of rotatable bonds is 5. The minimum absolute atomic E-state index is 0.227. The second-order valence-corrected chi connectivity index (χ2v) is 7.27. The van der Waals surface area contributed by atoms with Crippen LogP contribution in [0.3, 0.4) is 0 Å². The van der Waals surface area contributed by atoms with E-state index < -0.39 is 0 Å². The van der Waals surface area contributed by atoms with Crippen LogP contribution >= 0.6 is 23.8 Å². The van der Waals surface area contributed by atoms with Crippen LogP contribution in [-0.2, 0) is 6.54 Å². The topological polar surface area (TPSA) is 24.5 Å². The summed E-state index contributed by atoms with van der Waals surface area (Å²) in [5, 5.41) is 4.47. The highest BCUT2D eigenvalue weighted by Crippen LogP contribution is 2.29. The molecule has 3 nitrogen and oxygen atoms in total. The third-order valence-electron chi connectivity index (χ3n) is 4.70. The van der Waals surface area contributed by atoms with Gasteiger partial charge >= 0.3 is 0 Å². The summed E-state index contributed by atoms with van der Waals surface area (Å²) >= 11 is 11.9. The van der Waals surface area contributed by atoms with Gasteiger partial charge in [-0.1, -0.05) is 36.6 Å². The molecule has 3 rings (SSSR count). The third kappa shape index (κ3) is 4.65. The van der Waals surface area contributed by atoms with Gasteiger partial charge in [0.1, 0.15) is 11.6 Å². The molecule has 1 saturated carbocycles. The second-order valence-electron chi connectivity index (χ2n) is 6.47. The van der Waals surface area contributed by atoms with Crippen molar-refractivity contribution < 1.29 is 9.13 Å². The number of ether oxygens (including phenoxy) is 1. The standard InChI is InChI=1S/C20H22ClFN2OS/c1-25-19-11-10-16(12-18(19)21)23-20(26)24(17-4-2-3-5-17)13-14-6-8-15(22)9-7-14/h6-12,17H,2-5,13H2,1H3,(H,23,26). The Bertz CT molecular complexity index is 763. The van der Waals surface area contributed by atoms with Gasteiger partial charge in [0.15, 0.2) is 5.11 Å². The Balaban J connectivity index is 1.76. The van der Waals surface area contributed by atoms with Gasteiger partial charge in [-0.2, -0.15) is 0 Å². The van der Waals surface area contributed by atoms with Crippen molar-refractivity contribution in [3.63, 3.8) is 0 Å². The third-order valence-corrected chi connectivity index (χ3v) is 5.33. The SMILES string of the molecule is COc1ccc(NC(=S)N(Cc2ccc(F)cc2)C2CCCC2)cc1Cl. The fraction of sp³-hybridized carbons (Fsp3) is 0.350. The van der Waals surface area contributed by atoms with E-state index in [0.717, 1.165) is 24.1 Å². The monoisotopic (exact) mass is 392 g/mol. The summed E-state index contributed by atoms with van der Waals surface area (Å²) in [6.45, 7) is 0.653. The molecule has 0 saturated heterocycles. The maximum absolute atomic E-state index is 13.2. The molecule has 0 bridgehead atoms. The first kappa shape index (κ1) is 18.9. The lowest BCUT2D eigenvalue weighted by atomic mass is 10.1. The number of benzene rings is 2. The fourth-order valence-electron chi connectivity index (χ4n) is 3.31. The molecule has 0 unspecified atom stereocenters. The lowest BCUT2D eigenvalue weighted by Crippen LogP contribution is -2.40. The van der Waals surface area contributed by atoms with Gasteiger partial charge < -0.3 is 15.0 Å². The molecule has 1 N–H and O–H groups in total. The van der Waals surface area contributed by atoms with Crippen LogP contribution in [-0.4, -0.2) is 23.2 Å². The molecule has 2 aromatic carbocycles. The average molecular weight is 393 g/mol. The molecule has 1 fully saturated rings. The zero-order valence-corrected chi connectivity index (χ0v) is 16.2. The number of hydrogen-bond acceptors (Lipinski definition) is 2. The Hall–Kier alpha value is -1.85. The maximum Gasteiger partial charge on any atom is 0.173 e. The highest BCUT2D eigenvalue weighted by atomic mass is 35.5. The van der Waals surface area contributed by atoms with Crippen LogP contribution in [0, 0.1) is 5.82 Å². The minimum atomic E-state index is -0.227. The highest BCUT2D eigenvalue weighted by molar-refractivity contribution is 7.80. The molecule has 0 heterocycles. The van der Waals surface area contributed by atoms with Crippen molar-refractivity contribution >= 4 is 34.6 Å². The first-order valence-electron chi connectivity index (χ1n) is 8.72. The van der Waals surface area contributed by atoms with Gasteiger partial charge in [-0.3, -0.25) is 0 Å². The summed E-state index contributed by atoms with van der Waals surface area (Å²) in [4.78, 5) is 2.20. The van der Waals surface area contributed by atoms with Gasteiger partial charge in [-0.05, 0) is 61.0 Å². The van der Waals surface area contributed by atoms with Crippen LogP contribution in [0.15, 0.2) is 42.5 Å². The molecular formula is C20H22ClFN2OS. The zero-order chi connectivity index (χ0) is 18.5. The van der Waals surface area contributed by atoms with Crippen molar-refractivity contribution in [2.75, 3.05) is 12.4 Å². The minimum Gasteiger partial charge on any atom is -0.495 e. The van der Waals surface area contributed by atoms with E-state index in [4.69, 9.17) is 28.6 Å². The molecule has 0 amide bonds. The molecular weight excluding hydrogens is 371 g/mol. The van der Waals surface area contributed by atoms with Crippen LogP contribution in [0.5, 0.6) is 5.75 Å². The van der Waals surface area contributed by atoms with Gasteiger partial charge in [-0.25, -0.2) is 4.39 Å². The predicted molar refractivity (Wildman–Crippen MR) is 108 cm³/mol. The number of anilines is 1. The first-order valence-corrected chi connectivity index (χ1v) is 9.51. The van der Waals surface area contributed by atoms with Gasteiger partial charge in [0.2, 0.25) is 0 Å². The number of nitrogens with one attached hydrogen (secondary N) is 1. The number of halogens is 2.